The quantitative estimate of drug-likeness (QED) is 0.450. The highest BCUT2D eigenvalue weighted by atomic mass is 28.5. The van der Waals surface area contributed by atoms with Crippen molar-refractivity contribution >= 4 is 17.1 Å². The maximum atomic E-state index is 8.05. The fourth-order valence-corrected chi connectivity index (χ4v) is 15.2. The lowest BCUT2D eigenvalue weighted by atomic mass is 10.2. The van der Waals surface area contributed by atoms with Gasteiger partial charge in [-0.15, -0.1) is 0 Å². The summed E-state index contributed by atoms with van der Waals surface area (Å²) in [6, 6.07) is 0. The Labute approximate surface area is 165 Å². The summed E-state index contributed by atoms with van der Waals surface area (Å²) in [6.07, 6.45) is 0.158. The molecule has 1 saturated heterocycles. The molecular formula is C19H42O5Si2. The monoisotopic (exact) mass is 408 g/mol. The first kappa shape index (κ1) is 22.5. The topological polar surface area (TPSA) is 46.2 Å². The van der Waals surface area contributed by atoms with Crippen LogP contribution in [0.4, 0.5) is 0 Å². The predicted octanol–water partition coefficient (Wildman–Crippen LogP) is 4.99. The average Bonchev–Trinajstić information content (AvgIpc) is 2.89. The first-order valence-corrected chi connectivity index (χ1v) is 13.9. The van der Waals surface area contributed by atoms with Crippen LogP contribution >= 0.6 is 0 Å². The van der Waals surface area contributed by atoms with E-state index in [1.807, 2.05) is 0 Å². The molecule has 3 atom stereocenters. The highest BCUT2D eigenvalue weighted by molar-refractivity contribution is 6.83. The molecule has 0 radical (unpaired) electrons. The maximum Gasteiger partial charge on any atom is 0.335 e. The molecule has 0 N–H and O–H groups in total. The number of ether oxygens (including phenoxy) is 2. The van der Waals surface area contributed by atoms with Crippen molar-refractivity contribution in [3.05, 3.63) is 0 Å². The molecule has 0 aliphatic carbocycles. The molecule has 0 amide bonds. The van der Waals surface area contributed by atoms with Gasteiger partial charge >= 0.3 is 17.1 Å². The molecule has 5 nitrogen and oxygen atoms in total. The molecule has 1 unspecified atom stereocenters. The predicted molar refractivity (Wildman–Crippen MR) is 111 cm³/mol. The third kappa shape index (κ3) is 4.98. The van der Waals surface area contributed by atoms with Crippen molar-refractivity contribution in [2.75, 3.05) is 27.4 Å². The molecule has 0 saturated carbocycles. The van der Waals surface area contributed by atoms with E-state index in [2.05, 4.69) is 55.4 Å². The van der Waals surface area contributed by atoms with Crippen molar-refractivity contribution < 1.29 is 23.8 Å². The van der Waals surface area contributed by atoms with Crippen LogP contribution in [0, 0.1) is 0 Å². The molecular weight excluding hydrogens is 364 g/mol. The standard InChI is InChI=1S/C19H42O5Si2/c1-14(2)25(21-10,15(3)4)24-26(16(5)6,17(7)8)23-18-11-12-22-19(18)13-20-9/h14-19H,11-13H2,1-10H3/t18?,19-/m1/s1/i12T/t12-,18?,19+/m0. The van der Waals surface area contributed by atoms with Gasteiger partial charge in [-0.3, -0.25) is 0 Å². The Morgan fingerprint density at radius 2 is 1.42 bits per heavy atom. The lowest BCUT2D eigenvalue weighted by molar-refractivity contribution is -0.0136. The molecule has 0 bridgehead atoms. The first-order chi connectivity index (χ1) is 12.5. The van der Waals surface area contributed by atoms with Crippen LogP contribution in [-0.4, -0.2) is 56.7 Å². The van der Waals surface area contributed by atoms with Crippen molar-refractivity contribution in [3.63, 3.8) is 0 Å². The zero-order valence-corrected chi connectivity index (χ0v) is 20.5. The van der Waals surface area contributed by atoms with E-state index < -0.39 is 23.7 Å². The lowest BCUT2D eigenvalue weighted by Crippen LogP contribution is -2.62. The summed E-state index contributed by atoms with van der Waals surface area (Å²) in [5.41, 5.74) is 1.14. The normalized spacial score (nSPS) is 25.8. The number of hydrogen-bond acceptors (Lipinski definition) is 5. The Bertz CT molecular complexity index is 432. The molecule has 1 aliphatic rings. The summed E-state index contributed by atoms with van der Waals surface area (Å²) >= 11 is 0. The Morgan fingerprint density at radius 1 is 0.923 bits per heavy atom. The van der Waals surface area contributed by atoms with Gasteiger partial charge in [-0.1, -0.05) is 55.4 Å². The fraction of sp³-hybridized carbons (Fsp3) is 1.00. The zero-order valence-electron chi connectivity index (χ0n) is 19.5. The molecule has 1 rings (SSSR count). The summed E-state index contributed by atoms with van der Waals surface area (Å²) in [4.78, 5) is 0. The number of hydrogen-bond donors (Lipinski definition) is 0. The molecule has 156 valence electrons. The van der Waals surface area contributed by atoms with Crippen LogP contribution in [0.15, 0.2) is 0 Å². The minimum absolute atomic E-state index is 0.174. The van der Waals surface area contributed by atoms with Gasteiger partial charge in [0.2, 0.25) is 0 Å². The van der Waals surface area contributed by atoms with Gasteiger partial charge in [-0.25, -0.2) is 0 Å². The molecule has 1 fully saturated rings. The second-order valence-electron chi connectivity index (χ2n) is 8.56. The maximum absolute atomic E-state index is 8.05. The SMILES string of the molecule is [3H][C@H]1CC(O[Si](O[Si](OC)(C(C)C)C(C)C)(C(C)C)C(C)C)[C@@H](COC)O1. The second kappa shape index (κ2) is 10.1. The minimum Gasteiger partial charge on any atom is -0.414 e. The molecule has 0 aromatic carbocycles. The van der Waals surface area contributed by atoms with Crippen LogP contribution in [0.1, 0.15) is 63.2 Å². The number of rotatable bonds is 11. The van der Waals surface area contributed by atoms with Gasteiger partial charge in [0.05, 0.1) is 14.1 Å². The van der Waals surface area contributed by atoms with Gasteiger partial charge in [0.25, 0.3) is 0 Å². The van der Waals surface area contributed by atoms with Gasteiger partial charge in [0.1, 0.15) is 6.10 Å². The third-order valence-corrected chi connectivity index (χ3v) is 15.8. The van der Waals surface area contributed by atoms with Crippen LogP contribution in [-0.2, 0) is 22.4 Å². The smallest absolute Gasteiger partial charge is 0.335 e. The van der Waals surface area contributed by atoms with Crippen molar-refractivity contribution in [3.8, 4) is 0 Å². The van der Waals surface area contributed by atoms with Crippen molar-refractivity contribution in [1.29, 1.82) is 0 Å². The Hall–Kier alpha value is 0.234. The van der Waals surface area contributed by atoms with Crippen LogP contribution in [0.5, 0.6) is 0 Å². The van der Waals surface area contributed by atoms with E-state index >= 15 is 0 Å². The molecule has 26 heavy (non-hydrogen) atoms. The summed E-state index contributed by atoms with van der Waals surface area (Å²) in [6.45, 7) is 17.4. The van der Waals surface area contributed by atoms with E-state index in [-0.39, 0.29) is 23.3 Å². The van der Waals surface area contributed by atoms with E-state index in [0.29, 0.717) is 24.1 Å². The molecule has 0 aromatic heterocycles. The summed E-state index contributed by atoms with van der Waals surface area (Å²) < 4.78 is 39.2. The highest BCUT2D eigenvalue weighted by Crippen LogP contribution is 2.45. The van der Waals surface area contributed by atoms with Gasteiger partial charge in [-0.2, -0.15) is 0 Å². The Kier molecular flexibility index (Phi) is 8.78. The molecule has 0 aromatic rings. The Balaban J connectivity index is 3.29. The van der Waals surface area contributed by atoms with Crippen LogP contribution in [0.3, 0.4) is 0 Å². The van der Waals surface area contributed by atoms with E-state index in [1.165, 1.54) is 0 Å². The molecule has 1 heterocycles. The van der Waals surface area contributed by atoms with Gasteiger partial charge < -0.3 is 22.4 Å². The highest BCUT2D eigenvalue weighted by Gasteiger charge is 2.57. The van der Waals surface area contributed by atoms with Crippen molar-refractivity contribution in [2.24, 2.45) is 0 Å². The van der Waals surface area contributed by atoms with Gasteiger partial charge in [-0.05, 0) is 28.6 Å². The molecule has 7 heteroatoms. The summed E-state index contributed by atoms with van der Waals surface area (Å²) in [5, 5.41) is 0. The second-order valence-corrected chi connectivity index (χ2v) is 17.5. The lowest BCUT2D eigenvalue weighted by Gasteiger charge is -2.48. The van der Waals surface area contributed by atoms with Crippen LogP contribution in [0.2, 0.25) is 22.2 Å². The van der Waals surface area contributed by atoms with Crippen molar-refractivity contribution in [2.45, 2.75) is 96.2 Å². The Morgan fingerprint density at radius 3 is 1.81 bits per heavy atom. The summed E-state index contributed by atoms with van der Waals surface area (Å²) in [5.74, 6) is 0. The zero-order chi connectivity index (χ0) is 21.0. The first-order valence-electron chi connectivity index (χ1n) is 10.5. The average molecular weight is 409 g/mol. The van der Waals surface area contributed by atoms with E-state index in [0.717, 1.165) is 0 Å². The van der Waals surface area contributed by atoms with Gasteiger partial charge in [0.15, 0.2) is 0 Å². The molecule has 0 spiro atoms. The number of methoxy groups -OCH3 is 1. The fourth-order valence-electron chi connectivity index (χ4n) is 4.05. The third-order valence-electron chi connectivity index (χ3n) is 5.54. The molecule has 1 aliphatic heterocycles. The van der Waals surface area contributed by atoms with Crippen LogP contribution < -0.4 is 0 Å². The summed E-state index contributed by atoms with van der Waals surface area (Å²) in [7, 11) is -1.73. The van der Waals surface area contributed by atoms with E-state index in [4.69, 9.17) is 23.8 Å². The van der Waals surface area contributed by atoms with E-state index in [9.17, 15) is 0 Å². The van der Waals surface area contributed by atoms with E-state index in [1.54, 1.807) is 14.2 Å². The van der Waals surface area contributed by atoms with Crippen LogP contribution in [0.25, 0.3) is 0 Å². The minimum atomic E-state index is -2.68. The largest absolute Gasteiger partial charge is 0.414 e. The van der Waals surface area contributed by atoms with Gasteiger partial charge in [0, 0.05) is 20.8 Å². The van der Waals surface area contributed by atoms with Crippen molar-refractivity contribution in [1.82, 2.24) is 0 Å².